The van der Waals surface area contributed by atoms with Gasteiger partial charge in [0.2, 0.25) is 0 Å². The topological polar surface area (TPSA) is 100 Å². The molecule has 0 aliphatic carbocycles. The number of aliphatic carboxylic acids is 1. The molecular weight excluding hydrogens is 342 g/mol. The fourth-order valence-corrected chi connectivity index (χ4v) is 3.63. The number of hydrogen-bond acceptors (Lipinski definition) is 6. The summed E-state index contributed by atoms with van der Waals surface area (Å²) in [6, 6.07) is 7.50. The molecule has 25 heavy (non-hydrogen) atoms. The monoisotopic (exact) mass is 360 g/mol. The first-order chi connectivity index (χ1) is 12.1. The van der Waals surface area contributed by atoms with Crippen molar-refractivity contribution in [1.82, 2.24) is 14.5 Å². The number of nitrogens with zero attached hydrogens (tertiary/aromatic N) is 2. The van der Waals surface area contributed by atoms with E-state index in [1.807, 2.05) is 24.3 Å². The molecule has 1 aromatic carbocycles. The number of carbonyl (C=O) groups excluding carboxylic acids is 1. The van der Waals surface area contributed by atoms with Crippen LogP contribution >= 0.6 is 11.8 Å². The van der Waals surface area contributed by atoms with Crippen molar-refractivity contribution >= 4 is 39.7 Å². The van der Waals surface area contributed by atoms with Gasteiger partial charge in [0.15, 0.2) is 5.16 Å². The highest BCUT2D eigenvalue weighted by Crippen LogP contribution is 2.27. The average molecular weight is 360 g/mol. The van der Waals surface area contributed by atoms with Crippen LogP contribution in [0.2, 0.25) is 0 Å². The third kappa shape index (κ3) is 3.27. The lowest BCUT2D eigenvalue weighted by Gasteiger charge is -2.18. The minimum atomic E-state index is -1.17. The van der Waals surface area contributed by atoms with E-state index in [1.165, 1.54) is 4.57 Å². The molecule has 7 nitrogen and oxygen atoms in total. The first-order valence-corrected chi connectivity index (χ1v) is 8.82. The van der Waals surface area contributed by atoms with E-state index in [0.29, 0.717) is 35.8 Å². The van der Waals surface area contributed by atoms with Crippen molar-refractivity contribution in [2.45, 2.75) is 30.3 Å². The number of benzene rings is 1. The highest BCUT2D eigenvalue weighted by molar-refractivity contribution is 8.00. The molecule has 0 saturated carbocycles. The van der Waals surface area contributed by atoms with Gasteiger partial charge in [0.25, 0.3) is 5.56 Å². The maximum atomic E-state index is 12.9. The van der Waals surface area contributed by atoms with Crippen molar-refractivity contribution < 1.29 is 14.6 Å². The molecule has 0 fully saturated rings. The lowest BCUT2D eigenvalue weighted by Crippen LogP contribution is -2.34. The minimum Gasteiger partial charge on any atom is -0.549 e. The van der Waals surface area contributed by atoms with Gasteiger partial charge < -0.3 is 19.6 Å². The highest BCUT2D eigenvalue weighted by Gasteiger charge is 2.19. The molecule has 0 amide bonds. The highest BCUT2D eigenvalue weighted by atomic mass is 32.2. The van der Waals surface area contributed by atoms with Gasteiger partial charge in [-0.25, -0.2) is 4.98 Å². The zero-order chi connectivity index (χ0) is 18.0. The maximum Gasteiger partial charge on any atom is 0.278 e. The first-order valence-electron chi connectivity index (χ1n) is 7.94. The Labute approximate surface area is 148 Å². The lowest BCUT2D eigenvalue weighted by atomic mass is 10.2. The van der Waals surface area contributed by atoms with E-state index in [0.717, 1.165) is 22.7 Å². The Morgan fingerprint density at radius 1 is 1.44 bits per heavy atom. The van der Waals surface area contributed by atoms with Crippen LogP contribution in [0.5, 0.6) is 0 Å². The van der Waals surface area contributed by atoms with Crippen molar-refractivity contribution in [2.75, 3.05) is 13.7 Å². The number of para-hydroxylation sites is 1. The summed E-state index contributed by atoms with van der Waals surface area (Å²) in [6.45, 7) is 2.37. The van der Waals surface area contributed by atoms with E-state index < -0.39 is 11.2 Å². The van der Waals surface area contributed by atoms with Crippen LogP contribution in [0.3, 0.4) is 0 Å². The quantitative estimate of drug-likeness (QED) is 0.501. The van der Waals surface area contributed by atoms with Gasteiger partial charge in [-0.3, -0.25) is 9.36 Å². The fourth-order valence-electron chi connectivity index (χ4n) is 2.67. The van der Waals surface area contributed by atoms with Crippen LogP contribution < -0.4 is 10.7 Å². The number of aromatic amines is 1. The number of rotatable bonds is 7. The van der Waals surface area contributed by atoms with Crippen molar-refractivity contribution in [2.24, 2.45) is 0 Å². The summed E-state index contributed by atoms with van der Waals surface area (Å²) in [5.74, 6) is -1.17. The first kappa shape index (κ1) is 17.5. The molecule has 0 radical (unpaired) electrons. The van der Waals surface area contributed by atoms with Gasteiger partial charge in [-0.2, -0.15) is 0 Å². The summed E-state index contributed by atoms with van der Waals surface area (Å²) in [5.41, 5.74) is 1.52. The van der Waals surface area contributed by atoms with E-state index in [1.54, 1.807) is 14.0 Å². The number of aromatic nitrogens is 3. The van der Waals surface area contributed by atoms with E-state index in [4.69, 9.17) is 4.74 Å². The predicted octanol–water partition coefficient (Wildman–Crippen LogP) is 1.14. The van der Waals surface area contributed by atoms with E-state index in [2.05, 4.69) is 9.97 Å². The van der Waals surface area contributed by atoms with Crippen molar-refractivity contribution in [3.63, 3.8) is 0 Å². The van der Waals surface area contributed by atoms with Crippen molar-refractivity contribution in [3.8, 4) is 0 Å². The summed E-state index contributed by atoms with van der Waals surface area (Å²) in [6.07, 6.45) is 0.374. The van der Waals surface area contributed by atoms with Gasteiger partial charge in [0, 0.05) is 18.0 Å². The SMILES string of the molecule is CC[C@@H](Sc1nc2c([nH]c3ccccc32)c(=O)n1CCOC)C(=O)[O-]. The van der Waals surface area contributed by atoms with Crippen LogP contribution in [0.15, 0.2) is 34.2 Å². The number of thioether (sulfide) groups is 1. The number of hydrogen-bond donors (Lipinski definition) is 1. The lowest BCUT2D eigenvalue weighted by molar-refractivity contribution is -0.304. The smallest absolute Gasteiger partial charge is 0.278 e. The van der Waals surface area contributed by atoms with Gasteiger partial charge in [-0.05, 0) is 12.5 Å². The van der Waals surface area contributed by atoms with Gasteiger partial charge in [0.1, 0.15) is 11.0 Å². The number of fused-ring (bicyclic) bond motifs is 3. The molecular formula is C17H18N3O4S-. The number of carbonyl (C=O) groups is 1. The second-order valence-corrected chi connectivity index (χ2v) is 6.74. The van der Waals surface area contributed by atoms with Crippen LogP contribution in [-0.4, -0.2) is 39.5 Å². The standard InChI is InChI=1S/C17H19N3O4S/c1-3-12(16(22)23)25-17-19-13-10-6-4-5-7-11(10)18-14(13)15(21)20(17)8-9-24-2/h4-7,12,18H,3,8-9H2,1-2H3,(H,22,23)/p-1/t12-/m1/s1. The summed E-state index contributed by atoms with van der Waals surface area (Å²) in [5, 5.41) is 11.7. The summed E-state index contributed by atoms with van der Waals surface area (Å²) in [7, 11) is 1.54. The number of methoxy groups -OCH3 is 1. The van der Waals surface area contributed by atoms with Crippen molar-refractivity contribution in [3.05, 3.63) is 34.6 Å². The molecule has 3 aromatic rings. The molecule has 0 saturated heterocycles. The molecule has 132 valence electrons. The predicted molar refractivity (Wildman–Crippen MR) is 94.7 cm³/mol. The van der Waals surface area contributed by atoms with E-state index in [9.17, 15) is 14.7 Å². The Kier molecular flexibility index (Phi) is 5.10. The molecule has 2 aromatic heterocycles. The third-order valence-electron chi connectivity index (χ3n) is 3.98. The Hall–Kier alpha value is -2.32. The molecule has 0 spiro atoms. The molecule has 1 atom stereocenters. The van der Waals surface area contributed by atoms with Crippen LogP contribution in [0.1, 0.15) is 13.3 Å². The van der Waals surface area contributed by atoms with Gasteiger partial charge in [-0.15, -0.1) is 0 Å². The molecule has 8 heteroatoms. The molecule has 1 N–H and O–H groups in total. The van der Waals surface area contributed by atoms with E-state index in [-0.39, 0.29) is 5.56 Å². The zero-order valence-electron chi connectivity index (χ0n) is 13.9. The number of H-pyrrole nitrogens is 1. The third-order valence-corrected chi connectivity index (χ3v) is 5.31. The fraction of sp³-hybridized carbons (Fsp3) is 0.353. The summed E-state index contributed by atoms with van der Waals surface area (Å²) in [4.78, 5) is 31.9. The van der Waals surface area contributed by atoms with Crippen LogP contribution in [-0.2, 0) is 16.1 Å². The van der Waals surface area contributed by atoms with Gasteiger partial charge >= 0.3 is 0 Å². The largest absolute Gasteiger partial charge is 0.549 e. The van der Waals surface area contributed by atoms with Crippen molar-refractivity contribution in [1.29, 1.82) is 0 Å². The normalized spacial score (nSPS) is 12.7. The molecule has 0 aliphatic rings. The Balaban J connectivity index is 2.22. The summed E-state index contributed by atoms with van der Waals surface area (Å²) >= 11 is 1.04. The second-order valence-electron chi connectivity index (χ2n) is 5.57. The second kappa shape index (κ2) is 7.28. The molecule has 3 rings (SSSR count). The maximum absolute atomic E-state index is 12.9. The Morgan fingerprint density at radius 3 is 2.88 bits per heavy atom. The van der Waals surface area contributed by atoms with Crippen LogP contribution in [0.25, 0.3) is 21.9 Å². The zero-order valence-corrected chi connectivity index (χ0v) is 14.8. The van der Waals surface area contributed by atoms with Crippen LogP contribution in [0, 0.1) is 0 Å². The van der Waals surface area contributed by atoms with E-state index >= 15 is 0 Å². The molecule has 0 bridgehead atoms. The van der Waals surface area contributed by atoms with Gasteiger partial charge in [-0.1, -0.05) is 36.9 Å². The number of carboxylic acid groups (broad SMARTS) is 1. The molecule has 2 heterocycles. The molecule has 0 unspecified atom stereocenters. The Bertz CT molecular complexity index is 979. The number of nitrogens with one attached hydrogen (secondary N) is 1. The number of ether oxygens (including phenoxy) is 1. The minimum absolute atomic E-state index is 0.242. The van der Waals surface area contributed by atoms with Crippen LogP contribution in [0.4, 0.5) is 0 Å². The Morgan fingerprint density at radius 2 is 2.20 bits per heavy atom. The number of carboxylic acids is 1. The molecule has 0 aliphatic heterocycles. The van der Waals surface area contributed by atoms with Gasteiger partial charge in [0.05, 0.1) is 24.4 Å². The summed E-state index contributed by atoms with van der Waals surface area (Å²) < 4.78 is 6.53. The average Bonchev–Trinajstić information content (AvgIpc) is 2.98.